The molecule has 33 heavy (non-hydrogen) atoms. The highest BCUT2D eigenvalue weighted by Crippen LogP contribution is 2.30. The van der Waals surface area contributed by atoms with E-state index < -0.39 is 34.5 Å². The molecule has 13 heteroatoms. The lowest BCUT2D eigenvalue weighted by atomic mass is 10.1. The lowest BCUT2D eigenvalue weighted by Gasteiger charge is -2.30. The van der Waals surface area contributed by atoms with Crippen LogP contribution in [0.4, 0.5) is 21.3 Å². The van der Waals surface area contributed by atoms with Crippen LogP contribution in [0.5, 0.6) is 0 Å². The van der Waals surface area contributed by atoms with Gasteiger partial charge in [0.1, 0.15) is 11.4 Å². The molecule has 1 aromatic heterocycles. The largest absolute Gasteiger partial charge is 0.480 e. The van der Waals surface area contributed by atoms with E-state index in [0.29, 0.717) is 5.69 Å². The molecule has 1 aromatic carbocycles. The smallest absolute Gasteiger partial charge is 0.325 e. The van der Waals surface area contributed by atoms with Gasteiger partial charge in [0, 0.05) is 13.1 Å². The molecule has 3 rings (SSSR count). The van der Waals surface area contributed by atoms with Gasteiger partial charge in [0.25, 0.3) is 5.91 Å². The number of urea groups is 1. The second-order valence-corrected chi connectivity index (χ2v) is 10.6. The number of carboxylic acids is 1. The Labute approximate surface area is 195 Å². The molecule has 2 aromatic rings. The van der Waals surface area contributed by atoms with Crippen molar-refractivity contribution in [3.8, 4) is 0 Å². The monoisotopic (exact) mass is 495 g/mol. The minimum atomic E-state index is -4.10. The third kappa shape index (κ3) is 6.42. The van der Waals surface area contributed by atoms with Crippen molar-refractivity contribution in [2.24, 2.45) is 0 Å². The minimum absolute atomic E-state index is 0.0614. The van der Waals surface area contributed by atoms with Gasteiger partial charge >= 0.3 is 12.0 Å². The van der Waals surface area contributed by atoms with E-state index in [-0.39, 0.29) is 14.3 Å². The topological polar surface area (TPSA) is 149 Å². The summed E-state index contributed by atoms with van der Waals surface area (Å²) in [6.07, 6.45) is 5.18. The molecule has 178 valence electrons. The van der Waals surface area contributed by atoms with E-state index in [1.165, 1.54) is 6.42 Å². The molecular weight excluding hydrogens is 470 g/mol. The van der Waals surface area contributed by atoms with Crippen molar-refractivity contribution in [3.05, 3.63) is 34.8 Å². The number of benzene rings is 1. The molecule has 0 spiro atoms. The first kappa shape index (κ1) is 24.5. The number of aryl methyl sites for hydroxylation is 1. The number of aromatic nitrogens is 1. The maximum absolute atomic E-state index is 12.6. The first-order valence-electron chi connectivity index (χ1n) is 10.2. The third-order valence-corrected chi connectivity index (χ3v) is 6.94. The summed E-state index contributed by atoms with van der Waals surface area (Å²) in [7, 11) is -4.10. The van der Waals surface area contributed by atoms with Gasteiger partial charge in [-0.25, -0.2) is 22.5 Å². The number of anilines is 3. The zero-order chi connectivity index (χ0) is 24.2. The van der Waals surface area contributed by atoms with E-state index in [1.54, 1.807) is 0 Å². The van der Waals surface area contributed by atoms with Crippen LogP contribution in [0.2, 0.25) is 0 Å². The fraction of sp³-hybridized carbons (Fsp3) is 0.400. The standard InChI is InChI=1S/C20H25N5O6S2/c1-13-6-7-14(15(10-13)24-8-4-3-5-9-24)22-19(29)23-20-21-11-16(32-20)18(28)25(12-17(26)27)33(2,30)31/h6-7,10-11H,3-5,8-9,12H2,1-2H3,(H,26,27)(H2,21,22,23,29). The first-order chi connectivity index (χ1) is 15.5. The molecule has 0 radical (unpaired) electrons. The van der Waals surface area contributed by atoms with Crippen LogP contribution >= 0.6 is 11.3 Å². The number of amides is 3. The summed E-state index contributed by atoms with van der Waals surface area (Å²) >= 11 is 0.744. The zero-order valence-corrected chi connectivity index (χ0v) is 19.8. The van der Waals surface area contributed by atoms with Crippen molar-refractivity contribution in [3.63, 3.8) is 0 Å². The van der Waals surface area contributed by atoms with E-state index in [0.717, 1.165) is 61.0 Å². The molecule has 1 saturated heterocycles. The Morgan fingerprint density at radius 3 is 2.52 bits per heavy atom. The van der Waals surface area contributed by atoms with Crippen molar-refractivity contribution in [2.45, 2.75) is 26.2 Å². The molecule has 1 fully saturated rings. The van der Waals surface area contributed by atoms with Crippen LogP contribution in [0.25, 0.3) is 0 Å². The highest BCUT2D eigenvalue weighted by Gasteiger charge is 2.28. The molecule has 0 bridgehead atoms. The Balaban J connectivity index is 1.71. The normalized spacial score (nSPS) is 13.9. The predicted molar refractivity (Wildman–Crippen MR) is 126 cm³/mol. The van der Waals surface area contributed by atoms with Gasteiger partial charge in [0.2, 0.25) is 10.0 Å². The van der Waals surface area contributed by atoms with Crippen molar-refractivity contribution >= 4 is 55.8 Å². The van der Waals surface area contributed by atoms with E-state index in [2.05, 4.69) is 20.5 Å². The van der Waals surface area contributed by atoms with Crippen LogP contribution in [0.3, 0.4) is 0 Å². The molecule has 3 amide bonds. The lowest BCUT2D eigenvalue weighted by molar-refractivity contribution is -0.136. The lowest BCUT2D eigenvalue weighted by Crippen LogP contribution is -2.39. The molecule has 2 heterocycles. The van der Waals surface area contributed by atoms with Gasteiger partial charge in [-0.05, 0) is 43.9 Å². The van der Waals surface area contributed by atoms with Crippen LogP contribution in [-0.2, 0) is 14.8 Å². The average molecular weight is 496 g/mol. The summed E-state index contributed by atoms with van der Waals surface area (Å²) in [5.74, 6) is -2.50. The number of nitrogens with one attached hydrogen (secondary N) is 2. The number of carbonyl (C=O) groups excluding carboxylic acids is 2. The number of aliphatic carboxylic acids is 1. The third-order valence-electron chi connectivity index (χ3n) is 4.94. The van der Waals surface area contributed by atoms with Crippen molar-refractivity contribution in [2.75, 3.05) is 41.4 Å². The Bertz CT molecular complexity index is 1160. The fourth-order valence-corrected chi connectivity index (χ4v) is 4.97. The van der Waals surface area contributed by atoms with Gasteiger partial charge in [-0.1, -0.05) is 17.4 Å². The van der Waals surface area contributed by atoms with Gasteiger partial charge in [0.15, 0.2) is 5.13 Å². The number of hydrogen-bond donors (Lipinski definition) is 3. The van der Waals surface area contributed by atoms with Gasteiger partial charge in [-0.15, -0.1) is 0 Å². The highest BCUT2D eigenvalue weighted by atomic mass is 32.2. The fourth-order valence-electron chi connectivity index (χ4n) is 3.41. The minimum Gasteiger partial charge on any atom is -0.480 e. The predicted octanol–water partition coefficient (Wildman–Crippen LogP) is 2.57. The number of thiazole rings is 1. The molecule has 0 aliphatic carbocycles. The van der Waals surface area contributed by atoms with Gasteiger partial charge < -0.3 is 15.3 Å². The number of piperidine rings is 1. The summed E-state index contributed by atoms with van der Waals surface area (Å²) in [5.41, 5.74) is 2.64. The molecule has 1 aliphatic rings. The Kier molecular flexibility index (Phi) is 7.53. The molecule has 11 nitrogen and oxygen atoms in total. The number of nitrogens with zero attached hydrogens (tertiary/aromatic N) is 3. The van der Waals surface area contributed by atoms with Crippen LogP contribution < -0.4 is 15.5 Å². The summed E-state index contributed by atoms with van der Waals surface area (Å²) in [6, 6.07) is 5.16. The summed E-state index contributed by atoms with van der Waals surface area (Å²) < 4.78 is 23.8. The van der Waals surface area contributed by atoms with Crippen molar-refractivity contribution in [1.82, 2.24) is 9.29 Å². The van der Waals surface area contributed by atoms with E-state index in [4.69, 9.17) is 5.11 Å². The molecule has 3 N–H and O–H groups in total. The quantitative estimate of drug-likeness (QED) is 0.531. The average Bonchev–Trinajstić information content (AvgIpc) is 3.21. The van der Waals surface area contributed by atoms with Crippen LogP contribution in [0.15, 0.2) is 24.4 Å². The molecule has 0 atom stereocenters. The summed E-state index contributed by atoms with van der Waals surface area (Å²) in [4.78, 5) is 42.0. The van der Waals surface area contributed by atoms with Crippen LogP contribution in [0.1, 0.15) is 34.5 Å². The van der Waals surface area contributed by atoms with Gasteiger partial charge in [-0.2, -0.15) is 0 Å². The number of hydrogen-bond acceptors (Lipinski definition) is 8. The van der Waals surface area contributed by atoms with Gasteiger partial charge in [-0.3, -0.25) is 14.9 Å². The second kappa shape index (κ2) is 10.2. The van der Waals surface area contributed by atoms with Crippen molar-refractivity contribution < 1.29 is 27.9 Å². The van der Waals surface area contributed by atoms with E-state index in [9.17, 15) is 22.8 Å². The maximum Gasteiger partial charge on any atom is 0.325 e. The van der Waals surface area contributed by atoms with Crippen molar-refractivity contribution in [1.29, 1.82) is 0 Å². The maximum atomic E-state index is 12.6. The first-order valence-corrected chi connectivity index (χ1v) is 12.8. The second-order valence-electron chi connectivity index (χ2n) is 7.65. The van der Waals surface area contributed by atoms with Crippen LogP contribution in [0, 0.1) is 6.92 Å². The summed E-state index contributed by atoms with van der Waals surface area (Å²) in [6.45, 7) is 2.79. The summed E-state index contributed by atoms with van der Waals surface area (Å²) in [5, 5.41) is 14.3. The SMILES string of the molecule is Cc1ccc(NC(=O)Nc2ncc(C(=O)N(CC(=O)O)S(C)(=O)=O)s2)c(N2CCCCC2)c1. The molecule has 1 aliphatic heterocycles. The highest BCUT2D eigenvalue weighted by molar-refractivity contribution is 7.89. The van der Waals surface area contributed by atoms with Gasteiger partial charge in [0.05, 0.1) is 23.8 Å². The Hall–Kier alpha value is -3.19. The molecule has 0 unspecified atom stereocenters. The zero-order valence-electron chi connectivity index (χ0n) is 18.2. The number of carbonyl (C=O) groups is 3. The number of sulfonamides is 1. The molecule has 0 saturated carbocycles. The van der Waals surface area contributed by atoms with E-state index >= 15 is 0 Å². The number of carboxylic acid groups (broad SMARTS) is 1. The number of rotatable bonds is 7. The Morgan fingerprint density at radius 2 is 1.88 bits per heavy atom. The van der Waals surface area contributed by atoms with E-state index in [1.807, 2.05) is 25.1 Å². The Morgan fingerprint density at radius 1 is 1.18 bits per heavy atom. The molecular formula is C20H25N5O6S2. The van der Waals surface area contributed by atoms with Crippen LogP contribution in [-0.4, -0.2) is 66.6 Å².